The van der Waals surface area contributed by atoms with Crippen molar-refractivity contribution in [2.75, 3.05) is 31.1 Å². The molecule has 4 rings (SSSR count). The number of hydrogen-bond donors (Lipinski definition) is 1. The molecular formula is C22H29N3O2S2. The lowest BCUT2D eigenvalue weighted by molar-refractivity contribution is 0.0549. The average molecular weight is 432 g/mol. The Kier molecular flexibility index (Phi) is 7.11. The van der Waals surface area contributed by atoms with Gasteiger partial charge in [-0.1, -0.05) is 19.3 Å². The highest BCUT2D eigenvalue weighted by Crippen LogP contribution is 2.35. The number of thiazole rings is 1. The van der Waals surface area contributed by atoms with Crippen molar-refractivity contribution in [3.05, 3.63) is 46.4 Å². The molecule has 1 aromatic heterocycles. The zero-order chi connectivity index (χ0) is 19.9. The van der Waals surface area contributed by atoms with E-state index in [9.17, 15) is 4.79 Å². The van der Waals surface area contributed by atoms with Gasteiger partial charge in [-0.3, -0.25) is 9.69 Å². The van der Waals surface area contributed by atoms with Crippen LogP contribution in [0.3, 0.4) is 0 Å². The molecule has 2 fully saturated rings. The zero-order valence-electron chi connectivity index (χ0n) is 16.8. The molecule has 0 atom stereocenters. The van der Waals surface area contributed by atoms with Gasteiger partial charge in [-0.15, -0.1) is 11.3 Å². The normalized spacial score (nSPS) is 19.6. The first-order valence-electron chi connectivity index (χ1n) is 10.5. The van der Waals surface area contributed by atoms with Crippen LogP contribution in [0.5, 0.6) is 5.75 Å². The van der Waals surface area contributed by atoms with Gasteiger partial charge in [0.1, 0.15) is 12.4 Å². The number of nitrogens with one attached hydrogen (secondary N) is 1. The van der Waals surface area contributed by atoms with Crippen molar-refractivity contribution in [1.29, 1.82) is 0 Å². The van der Waals surface area contributed by atoms with Crippen molar-refractivity contribution >= 4 is 29.0 Å². The fraction of sp³-hybridized carbons (Fsp3) is 0.545. The topological polar surface area (TPSA) is 54.5 Å². The molecule has 1 amide bonds. The third kappa shape index (κ3) is 5.32. The molecule has 2 aliphatic rings. The summed E-state index contributed by atoms with van der Waals surface area (Å²) in [5.41, 5.74) is 3.55. The molecule has 29 heavy (non-hydrogen) atoms. The van der Waals surface area contributed by atoms with Crippen LogP contribution < -0.4 is 10.1 Å². The predicted molar refractivity (Wildman–Crippen MR) is 120 cm³/mol. The van der Waals surface area contributed by atoms with Crippen molar-refractivity contribution in [3.8, 4) is 5.75 Å². The maximum Gasteiger partial charge on any atom is 0.251 e. The molecule has 0 bridgehead atoms. The molecule has 5 nitrogen and oxygen atoms in total. The van der Waals surface area contributed by atoms with Gasteiger partial charge in [0.15, 0.2) is 0 Å². The Labute approximate surface area is 181 Å². The van der Waals surface area contributed by atoms with E-state index in [-0.39, 0.29) is 11.4 Å². The van der Waals surface area contributed by atoms with Gasteiger partial charge in [-0.25, -0.2) is 4.98 Å². The summed E-state index contributed by atoms with van der Waals surface area (Å²) >= 11 is 3.60. The summed E-state index contributed by atoms with van der Waals surface area (Å²) in [5, 5.41) is 5.22. The molecule has 0 spiro atoms. The molecule has 1 saturated heterocycles. The van der Waals surface area contributed by atoms with Crippen LogP contribution in [0, 0.1) is 0 Å². The van der Waals surface area contributed by atoms with E-state index in [4.69, 9.17) is 4.74 Å². The van der Waals surface area contributed by atoms with Gasteiger partial charge in [0.25, 0.3) is 5.91 Å². The summed E-state index contributed by atoms with van der Waals surface area (Å²) in [5.74, 6) is 3.17. The lowest BCUT2D eigenvalue weighted by Crippen LogP contribution is -2.58. The molecule has 1 aromatic carbocycles. The summed E-state index contributed by atoms with van der Waals surface area (Å²) in [6.45, 7) is 3.49. The molecule has 0 radical (unpaired) electrons. The first kappa shape index (κ1) is 20.7. The van der Waals surface area contributed by atoms with Crippen molar-refractivity contribution < 1.29 is 9.53 Å². The van der Waals surface area contributed by atoms with Crippen molar-refractivity contribution in [3.63, 3.8) is 0 Å². The maximum absolute atomic E-state index is 12.8. The fourth-order valence-electron chi connectivity index (χ4n) is 4.37. The standard InChI is InChI=1S/C22H29N3O2S2/c26-21(18-4-6-20(7-5-18)27-14-19-15-29-17-24-19)23-16-22(8-2-1-3-9-22)25-10-12-28-13-11-25/h4-7,15,17H,1-3,8-14,16H2,(H,23,26). The highest BCUT2D eigenvalue weighted by molar-refractivity contribution is 7.99. The van der Waals surface area contributed by atoms with Crippen LogP contribution in [0.1, 0.15) is 48.2 Å². The molecule has 1 aliphatic carbocycles. The number of ether oxygens (including phenoxy) is 1. The Morgan fingerprint density at radius 1 is 1.14 bits per heavy atom. The Morgan fingerprint density at radius 2 is 1.90 bits per heavy atom. The van der Waals surface area contributed by atoms with Crippen molar-refractivity contribution in [1.82, 2.24) is 15.2 Å². The molecule has 2 heterocycles. The quantitative estimate of drug-likeness (QED) is 0.712. The maximum atomic E-state index is 12.8. The minimum Gasteiger partial charge on any atom is -0.487 e. The number of benzene rings is 1. The van der Waals surface area contributed by atoms with E-state index in [1.807, 2.05) is 41.4 Å². The molecular weight excluding hydrogens is 402 g/mol. The average Bonchev–Trinajstić information content (AvgIpc) is 3.31. The molecule has 2 aromatic rings. The summed E-state index contributed by atoms with van der Waals surface area (Å²) in [7, 11) is 0. The summed E-state index contributed by atoms with van der Waals surface area (Å²) in [6.07, 6.45) is 6.25. The van der Waals surface area contributed by atoms with Gasteiger partial charge in [0.05, 0.1) is 11.2 Å². The number of hydrogen-bond acceptors (Lipinski definition) is 6. The van der Waals surface area contributed by atoms with Crippen LogP contribution >= 0.6 is 23.1 Å². The highest BCUT2D eigenvalue weighted by atomic mass is 32.2. The van der Waals surface area contributed by atoms with Crippen LogP contribution in [-0.2, 0) is 6.61 Å². The van der Waals surface area contributed by atoms with E-state index >= 15 is 0 Å². The number of carbonyl (C=O) groups is 1. The number of rotatable bonds is 7. The fourth-order valence-corrected chi connectivity index (χ4v) is 5.81. The van der Waals surface area contributed by atoms with Crippen LogP contribution in [-0.4, -0.2) is 52.5 Å². The molecule has 156 valence electrons. The van der Waals surface area contributed by atoms with Gasteiger partial charge >= 0.3 is 0 Å². The van der Waals surface area contributed by atoms with Gasteiger partial charge in [-0.2, -0.15) is 11.8 Å². The molecule has 0 unspecified atom stereocenters. The molecule has 7 heteroatoms. The van der Waals surface area contributed by atoms with E-state index in [1.54, 1.807) is 16.8 Å². The van der Waals surface area contributed by atoms with E-state index < -0.39 is 0 Å². The van der Waals surface area contributed by atoms with Crippen LogP contribution in [0.15, 0.2) is 35.2 Å². The Bertz CT molecular complexity index is 768. The van der Waals surface area contributed by atoms with E-state index in [0.717, 1.165) is 31.1 Å². The first-order valence-corrected chi connectivity index (χ1v) is 12.6. The van der Waals surface area contributed by atoms with Crippen LogP contribution in [0.25, 0.3) is 0 Å². The minimum absolute atomic E-state index is 0.00684. The third-order valence-electron chi connectivity index (χ3n) is 6.03. The highest BCUT2D eigenvalue weighted by Gasteiger charge is 2.38. The predicted octanol–water partition coefficient (Wildman–Crippen LogP) is 4.20. The van der Waals surface area contributed by atoms with Gasteiger partial charge in [-0.05, 0) is 37.1 Å². The second-order valence-electron chi connectivity index (χ2n) is 7.86. The smallest absolute Gasteiger partial charge is 0.251 e. The van der Waals surface area contributed by atoms with Gasteiger partial charge in [0.2, 0.25) is 0 Å². The number of aromatic nitrogens is 1. The number of amides is 1. The number of carbonyl (C=O) groups excluding carboxylic acids is 1. The molecule has 1 N–H and O–H groups in total. The second-order valence-corrected chi connectivity index (χ2v) is 9.80. The first-order chi connectivity index (χ1) is 14.3. The monoisotopic (exact) mass is 431 g/mol. The zero-order valence-corrected chi connectivity index (χ0v) is 18.4. The van der Waals surface area contributed by atoms with Crippen LogP contribution in [0.2, 0.25) is 0 Å². The Morgan fingerprint density at radius 3 is 2.59 bits per heavy atom. The summed E-state index contributed by atoms with van der Waals surface area (Å²) in [4.78, 5) is 19.7. The number of nitrogens with zero attached hydrogens (tertiary/aromatic N) is 2. The largest absolute Gasteiger partial charge is 0.487 e. The lowest BCUT2D eigenvalue weighted by Gasteiger charge is -2.48. The van der Waals surface area contributed by atoms with Crippen LogP contribution in [0.4, 0.5) is 0 Å². The number of thioether (sulfide) groups is 1. The minimum atomic E-state index is 0.00684. The van der Waals surface area contributed by atoms with E-state index in [2.05, 4.69) is 15.2 Å². The third-order valence-corrected chi connectivity index (χ3v) is 7.61. The second kappa shape index (κ2) is 9.96. The summed E-state index contributed by atoms with van der Waals surface area (Å²) < 4.78 is 5.74. The molecule has 1 aliphatic heterocycles. The van der Waals surface area contributed by atoms with Crippen molar-refractivity contribution in [2.24, 2.45) is 0 Å². The van der Waals surface area contributed by atoms with E-state index in [0.29, 0.717) is 12.2 Å². The summed E-state index contributed by atoms with van der Waals surface area (Å²) in [6, 6.07) is 7.41. The Hall–Kier alpha value is -1.57. The van der Waals surface area contributed by atoms with E-state index in [1.165, 1.54) is 43.6 Å². The molecule has 1 saturated carbocycles. The SMILES string of the molecule is O=C(NCC1(N2CCSCC2)CCCCC1)c1ccc(OCc2cscn2)cc1. The Balaban J connectivity index is 1.33. The van der Waals surface area contributed by atoms with Gasteiger partial charge < -0.3 is 10.1 Å². The van der Waals surface area contributed by atoms with Crippen molar-refractivity contribution in [2.45, 2.75) is 44.2 Å². The lowest BCUT2D eigenvalue weighted by atomic mass is 9.80. The van der Waals surface area contributed by atoms with Gasteiger partial charge in [0, 0.05) is 47.6 Å².